The van der Waals surface area contributed by atoms with Gasteiger partial charge in [0.15, 0.2) is 0 Å². The van der Waals surface area contributed by atoms with E-state index in [1.807, 2.05) is 37.3 Å². The monoisotopic (exact) mass is 318 g/mol. The fraction of sp³-hybridized carbons (Fsp3) is 0.136. The minimum Gasteiger partial charge on any atom is -0.466 e. The highest BCUT2D eigenvalue weighted by Crippen LogP contribution is 2.33. The van der Waals surface area contributed by atoms with Gasteiger partial charge in [-0.3, -0.25) is 0 Å². The van der Waals surface area contributed by atoms with E-state index in [0.29, 0.717) is 0 Å². The van der Waals surface area contributed by atoms with Crippen LogP contribution in [-0.4, -0.2) is 13.1 Å². The van der Waals surface area contributed by atoms with Crippen LogP contribution < -0.4 is 0 Å². The Hall–Kier alpha value is -2.87. The molecule has 2 heteroatoms. The fourth-order valence-corrected chi connectivity index (χ4v) is 2.78. The largest absolute Gasteiger partial charge is 0.466 e. The third-order valence-electron chi connectivity index (χ3n) is 3.83. The number of esters is 1. The second-order valence-corrected chi connectivity index (χ2v) is 5.39. The van der Waals surface area contributed by atoms with Gasteiger partial charge in [0.1, 0.15) is 0 Å². The van der Waals surface area contributed by atoms with E-state index in [0.717, 1.165) is 16.3 Å². The molecule has 0 atom stereocenters. The maximum Gasteiger partial charge on any atom is 0.330 e. The van der Waals surface area contributed by atoms with Crippen molar-refractivity contribution < 1.29 is 9.53 Å². The summed E-state index contributed by atoms with van der Waals surface area (Å²) >= 11 is 0. The van der Waals surface area contributed by atoms with Crippen molar-refractivity contribution in [2.45, 2.75) is 13.8 Å². The normalized spacial score (nSPS) is 10.5. The molecule has 0 saturated heterocycles. The van der Waals surface area contributed by atoms with Crippen molar-refractivity contribution in [2.24, 2.45) is 0 Å². The summed E-state index contributed by atoms with van der Waals surface area (Å²) in [4.78, 5) is 11.4. The van der Waals surface area contributed by atoms with Gasteiger partial charge >= 0.3 is 5.97 Å². The first-order valence-electron chi connectivity index (χ1n) is 7.87. The second-order valence-electron chi connectivity index (χ2n) is 5.39. The van der Waals surface area contributed by atoms with Gasteiger partial charge in [0.05, 0.1) is 7.11 Å². The molecule has 2 nitrogen and oxygen atoms in total. The van der Waals surface area contributed by atoms with Gasteiger partial charge in [-0.25, -0.2) is 4.79 Å². The lowest BCUT2D eigenvalue weighted by molar-refractivity contribution is -0.134. The van der Waals surface area contributed by atoms with Gasteiger partial charge in [-0.1, -0.05) is 54.6 Å². The number of carbonyl (C=O) groups is 1. The number of methoxy groups -OCH3 is 1. The van der Waals surface area contributed by atoms with Crippen molar-refractivity contribution in [2.75, 3.05) is 7.11 Å². The molecule has 3 aromatic carbocycles. The molecule has 0 unspecified atom stereocenters. The lowest BCUT2D eigenvalue weighted by Crippen LogP contribution is -1.94. The van der Waals surface area contributed by atoms with E-state index >= 15 is 0 Å². The number of rotatable bonds is 2. The van der Waals surface area contributed by atoms with Crippen LogP contribution in [0.2, 0.25) is 0 Å². The standard InChI is InChI=1S/C19H16O2.C3H6/c1-13-14-7-3-5-9-16(14)18(11-12-19(20)21-2)17-10-6-4-8-15(13)17;1-3-2/h3-12H,1-2H3;3H,1H2,2H3/b12-11+;. The van der Waals surface area contributed by atoms with Crippen molar-refractivity contribution in [3.05, 3.63) is 78.4 Å². The van der Waals surface area contributed by atoms with Crippen LogP contribution in [-0.2, 0) is 9.53 Å². The Morgan fingerprint density at radius 2 is 1.38 bits per heavy atom. The number of allylic oxidation sites excluding steroid dienone is 1. The van der Waals surface area contributed by atoms with Crippen LogP contribution in [0.4, 0.5) is 0 Å². The first kappa shape index (κ1) is 17.5. The summed E-state index contributed by atoms with van der Waals surface area (Å²) < 4.78 is 4.69. The molecule has 24 heavy (non-hydrogen) atoms. The van der Waals surface area contributed by atoms with Gasteiger partial charge < -0.3 is 4.74 Å². The lowest BCUT2D eigenvalue weighted by Gasteiger charge is -2.12. The SMILES string of the molecule is C=CC.COC(=O)/C=C/c1c2ccccc2c(C)c2ccccc12. The number of fused-ring (bicyclic) bond motifs is 2. The van der Waals surface area contributed by atoms with Crippen molar-refractivity contribution in [3.8, 4) is 0 Å². The fourth-order valence-electron chi connectivity index (χ4n) is 2.78. The molecule has 3 aromatic rings. The number of carbonyl (C=O) groups excluding carboxylic acids is 1. The minimum atomic E-state index is -0.344. The molecule has 0 spiro atoms. The highest BCUT2D eigenvalue weighted by Gasteiger charge is 2.09. The quantitative estimate of drug-likeness (QED) is 0.263. The molecule has 0 amide bonds. The zero-order valence-electron chi connectivity index (χ0n) is 14.4. The Morgan fingerprint density at radius 1 is 0.958 bits per heavy atom. The maximum absolute atomic E-state index is 11.4. The molecular formula is C22H22O2. The summed E-state index contributed by atoms with van der Waals surface area (Å²) in [7, 11) is 1.39. The number of hydrogen-bond donors (Lipinski definition) is 0. The maximum atomic E-state index is 11.4. The summed E-state index contributed by atoms with van der Waals surface area (Å²) in [6.07, 6.45) is 5.07. The molecule has 3 rings (SSSR count). The number of ether oxygens (including phenoxy) is 1. The summed E-state index contributed by atoms with van der Waals surface area (Å²) in [5.41, 5.74) is 2.31. The smallest absolute Gasteiger partial charge is 0.330 e. The highest BCUT2D eigenvalue weighted by atomic mass is 16.5. The van der Waals surface area contributed by atoms with Crippen LogP contribution in [0, 0.1) is 6.92 Å². The van der Waals surface area contributed by atoms with Crippen molar-refractivity contribution in [1.82, 2.24) is 0 Å². The molecule has 0 saturated carbocycles. The van der Waals surface area contributed by atoms with E-state index in [9.17, 15) is 4.79 Å². The Labute approximate surface area is 143 Å². The Morgan fingerprint density at radius 3 is 1.79 bits per heavy atom. The van der Waals surface area contributed by atoms with Crippen LogP contribution >= 0.6 is 0 Å². The van der Waals surface area contributed by atoms with Crippen LogP contribution in [0.3, 0.4) is 0 Å². The zero-order chi connectivity index (χ0) is 17.5. The lowest BCUT2D eigenvalue weighted by atomic mass is 9.92. The van der Waals surface area contributed by atoms with Crippen LogP contribution in [0.1, 0.15) is 18.1 Å². The van der Waals surface area contributed by atoms with Gasteiger partial charge in [0.25, 0.3) is 0 Å². The van der Waals surface area contributed by atoms with Crippen LogP contribution in [0.5, 0.6) is 0 Å². The first-order valence-corrected chi connectivity index (χ1v) is 7.87. The Kier molecular flexibility index (Phi) is 5.91. The van der Waals surface area contributed by atoms with E-state index in [1.54, 1.807) is 6.08 Å². The average Bonchev–Trinajstić information content (AvgIpc) is 2.62. The van der Waals surface area contributed by atoms with E-state index in [4.69, 9.17) is 4.74 Å². The van der Waals surface area contributed by atoms with Crippen LogP contribution in [0.25, 0.3) is 27.6 Å². The molecular weight excluding hydrogens is 296 g/mol. The molecule has 122 valence electrons. The second kappa shape index (κ2) is 8.11. The van der Waals surface area contributed by atoms with E-state index < -0.39 is 0 Å². The van der Waals surface area contributed by atoms with Gasteiger partial charge in [0.2, 0.25) is 0 Å². The summed E-state index contributed by atoms with van der Waals surface area (Å²) in [5.74, 6) is -0.344. The molecule has 0 radical (unpaired) electrons. The highest BCUT2D eigenvalue weighted by molar-refractivity contribution is 6.10. The van der Waals surface area contributed by atoms with Gasteiger partial charge in [-0.2, -0.15) is 0 Å². The molecule has 0 N–H and O–H groups in total. The summed E-state index contributed by atoms with van der Waals surface area (Å²) in [6.45, 7) is 7.39. The van der Waals surface area contributed by atoms with Crippen molar-refractivity contribution in [1.29, 1.82) is 0 Å². The topological polar surface area (TPSA) is 26.3 Å². The minimum absolute atomic E-state index is 0.344. The van der Waals surface area contributed by atoms with Crippen LogP contribution in [0.15, 0.2) is 67.3 Å². The van der Waals surface area contributed by atoms with Crippen molar-refractivity contribution in [3.63, 3.8) is 0 Å². The molecule has 0 heterocycles. The molecule has 0 aliphatic rings. The average molecular weight is 318 g/mol. The predicted octanol–water partition coefficient (Wildman–Crippen LogP) is 5.68. The molecule has 0 aromatic heterocycles. The van der Waals surface area contributed by atoms with E-state index in [1.165, 1.54) is 29.5 Å². The Bertz CT molecular complexity index is 847. The molecule has 0 aliphatic heterocycles. The zero-order valence-corrected chi connectivity index (χ0v) is 14.4. The Balaban J connectivity index is 0.000000647. The molecule has 0 fully saturated rings. The third kappa shape index (κ3) is 3.54. The number of aryl methyl sites for hydroxylation is 1. The van der Waals surface area contributed by atoms with Gasteiger partial charge in [0, 0.05) is 6.08 Å². The number of benzene rings is 3. The predicted molar refractivity (Wildman–Crippen MR) is 103 cm³/mol. The molecule has 0 bridgehead atoms. The summed E-state index contributed by atoms with van der Waals surface area (Å²) in [5, 5.41) is 4.71. The van der Waals surface area contributed by atoms with Gasteiger partial charge in [-0.05, 0) is 52.6 Å². The number of hydrogen-bond acceptors (Lipinski definition) is 2. The summed E-state index contributed by atoms with van der Waals surface area (Å²) in [6, 6.07) is 16.5. The van der Waals surface area contributed by atoms with E-state index in [2.05, 4.69) is 37.8 Å². The molecule has 0 aliphatic carbocycles. The van der Waals surface area contributed by atoms with Crippen molar-refractivity contribution >= 4 is 33.6 Å². The third-order valence-corrected chi connectivity index (χ3v) is 3.83. The van der Waals surface area contributed by atoms with E-state index in [-0.39, 0.29) is 5.97 Å². The van der Waals surface area contributed by atoms with Gasteiger partial charge in [-0.15, -0.1) is 6.58 Å². The first-order chi connectivity index (χ1) is 11.6.